The van der Waals surface area contributed by atoms with Crippen LogP contribution in [0.5, 0.6) is 0 Å². The molecule has 0 saturated heterocycles. The topological polar surface area (TPSA) is 67.9 Å². The van der Waals surface area contributed by atoms with Gasteiger partial charge in [0.2, 0.25) is 0 Å². The molecule has 0 aromatic heterocycles. The molecule has 1 rings (SSSR count). The van der Waals surface area contributed by atoms with Crippen molar-refractivity contribution in [1.82, 2.24) is 10.4 Å². The van der Waals surface area contributed by atoms with Gasteiger partial charge in [0.1, 0.15) is 12.1 Å². The van der Waals surface area contributed by atoms with Gasteiger partial charge in [-0.3, -0.25) is 9.63 Å². The van der Waals surface area contributed by atoms with Crippen LogP contribution < -0.4 is 5.32 Å². The van der Waals surface area contributed by atoms with Gasteiger partial charge in [-0.25, -0.2) is 9.86 Å². The first-order valence-corrected chi connectivity index (χ1v) is 7.97. The Labute approximate surface area is 134 Å². The molecular formula is C16H32N2O4. The summed E-state index contributed by atoms with van der Waals surface area (Å²) in [5.41, 5.74) is -0.569. The number of hydrogen-bond donors (Lipinski definition) is 1. The van der Waals surface area contributed by atoms with E-state index in [0.717, 1.165) is 11.0 Å². The summed E-state index contributed by atoms with van der Waals surface area (Å²) in [7, 11) is 2.82. The van der Waals surface area contributed by atoms with Crippen LogP contribution in [0.4, 0.5) is 4.79 Å². The van der Waals surface area contributed by atoms with Gasteiger partial charge in [-0.1, -0.05) is 39.0 Å². The molecule has 0 heterocycles. The first-order chi connectivity index (χ1) is 10.2. The van der Waals surface area contributed by atoms with Gasteiger partial charge < -0.3 is 10.1 Å². The Kier molecular flexibility index (Phi) is 9.81. The maximum Gasteiger partial charge on any atom is 0.408 e. The summed E-state index contributed by atoms with van der Waals surface area (Å²) in [6, 6.07) is 0. The Morgan fingerprint density at radius 1 is 1.27 bits per heavy atom. The quantitative estimate of drug-likeness (QED) is 0.791. The highest BCUT2D eigenvalue weighted by atomic mass is 16.7. The number of likely N-dealkylation sites (N-methyl/N-ethyl adjacent to an activating group) is 1. The molecule has 0 atom stereocenters. The Morgan fingerprint density at radius 3 is 2.18 bits per heavy atom. The fraction of sp³-hybridized carbons (Fsp3) is 0.875. The zero-order valence-corrected chi connectivity index (χ0v) is 14.9. The van der Waals surface area contributed by atoms with E-state index in [4.69, 9.17) is 4.74 Å². The number of carbonyl (C=O) groups excluding carboxylic acids is 2. The number of hydrogen-bond acceptors (Lipinski definition) is 4. The van der Waals surface area contributed by atoms with Crippen LogP contribution in [-0.2, 0) is 14.4 Å². The largest absolute Gasteiger partial charge is 0.444 e. The molecule has 130 valence electrons. The summed E-state index contributed by atoms with van der Waals surface area (Å²) < 4.78 is 4.94. The predicted octanol–water partition coefficient (Wildman–Crippen LogP) is 3.12. The third-order valence-corrected chi connectivity index (χ3v) is 3.33. The van der Waals surface area contributed by atoms with Crippen molar-refractivity contribution < 1.29 is 19.2 Å². The zero-order chi connectivity index (χ0) is 17.2. The van der Waals surface area contributed by atoms with E-state index >= 15 is 0 Å². The Bertz CT molecular complexity index is 336. The van der Waals surface area contributed by atoms with Crippen molar-refractivity contribution in [2.45, 2.75) is 65.4 Å². The van der Waals surface area contributed by atoms with Gasteiger partial charge in [0.05, 0.1) is 7.11 Å². The van der Waals surface area contributed by atoms with Crippen LogP contribution in [-0.4, -0.2) is 43.4 Å². The standard InChI is InChI=1S/C9H18N2O4.C7H14/c1-9(2,3)15-8(13)10-6-7(12)11(4)14-5;1-2-4-7-5-3-6-7/h6H2,1-5H3,(H,10,13);7H,2-6H2,1H3. The van der Waals surface area contributed by atoms with Crippen LogP contribution in [0.15, 0.2) is 0 Å². The molecule has 0 aromatic carbocycles. The average Bonchev–Trinajstić information content (AvgIpc) is 2.38. The smallest absolute Gasteiger partial charge is 0.408 e. The summed E-state index contributed by atoms with van der Waals surface area (Å²) in [5.74, 6) is 0.772. The van der Waals surface area contributed by atoms with Gasteiger partial charge in [0, 0.05) is 7.05 Å². The molecule has 0 radical (unpaired) electrons. The third kappa shape index (κ3) is 10.4. The molecule has 0 aromatic rings. The summed E-state index contributed by atoms with van der Waals surface area (Å²) in [6.07, 6.45) is 6.80. The van der Waals surface area contributed by atoms with E-state index in [1.54, 1.807) is 20.8 Å². The second-order valence-corrected chi connectivity index (χ2v) is 6.51. The molecule has 1 aliphatic carbocycles. The molecule has 1 saturated carbocycles. The minimum absolute atomic E-state index is 0.154. The minimum atomic E-state index is -0.625. The summed E-state index contributed by atoms with van der Waals surface area (Å²) >= 11 is 0. The van der Waals surface area contributed by atoms with Crippen molar-refractivity contribution in [2.24, 2.45) is 5.92 Å². The van der Waals surface area contributed by atoms with Crippen molar-refractivity contribution in [2.75, 3.05) is 20.7 Å². The van der Waals surface area contributed by atoms with Crippen molar-refractivity contribution >= 4 is 12.0 Å². The lowest BCUT2D eigenvalue weighted by atomic mass is 9.82. The van der Waals surface area contributed by atoms with Gasteiger partial charge in [0.15, 0.2) is 0 Å². The van der Waals surface area contributed by atoms with E-state index in [9.17, 15) is 9.59 Å². The van der Waals surface area contributed by atoms with E-state index in [-0.39, 0.29) is 12.5 Å². The van der Waals surface area contributed by atoms with Crippen molar-refractivity contribution in [3.05, 3.63) is 0 Å². The van der Waals surface area contributed by atoms with Gasteiger partial charge in [-0.05, 0) is 26.7 Å². The fourth-order valence-corrected chi connectivity index (χ4v) is 1.86. The van der Waals surface area contributed by atoms with Crippen LogP contribution in [0.1, 0.15) is 59.8 Å². The number of hydroxylamine groups is 2. The number of nitrogens with zero attached hydrogens (tertiary/aromatic N) is 1. The maximum atomic E-state index is 11.2. The average molecular weight is 316 g/mol. The van der Waals surface area contributed by atoms with Crippen LogP contribution in [0.25, 0.3) is 0 Å². The highest BCUT2D eigenvalue weighted by Crippen LogP contribution is 2.29. The molecule has 6 heteroatoms. The number of ether oxygens (including phenoxy) is 1. The molecule has 0 aliphatic heterocycles. The maximum absolute atomic E-state index is 11.2. The third-order valence-electron chi connectivity index (χ3n) is 3.33. The molecular weight excluding hydrogens is 284 g/mol. The van der Waals surface area contributed by atoms with E-state index in [1.165, 1.54) is 46.3 Å². The zero-order valence-electron chi connectivity index (χ0n) is 14.9. The molecule has 1 fully saturated rings. The van der Waals surface area contributed by atoms with E-state index in [1.807, 2.05) is 0 Å². The van der Waals surface area contributed by atoms with Crippen LogP contribution in [0, 0.1) is 5.92 Å². The monoisotopic (exact) mass is 316 g/mol. The van der Waals surface area contributed by atoms with Gasteiger partial charge in [-0.2, -0.15) is 0 Å². The molecule has 22 heavy (non-hydrogen) atoms. The van der Waals surface area contributed by atoms with Crippen LogP contribution >= 0.6 is 0 Å². The normalized spacial score (nSPS) is 14.3. The second-order valence-electron chi connectivity index (χ2n) is 6.51. The summed E-state index contributed by atoms with van der Waals surface area (Å²) in [6.45, 7) is 7.36. The number of carbonyl (C=O) groups is 2. The Balaban J connectivity index is 0.000000518. The summed E-state index contributed by atoms with van der Waals surface area (Å²) in [5, 5.41) is 3.35. The molecule has 6 nitrogen and oxygen atoms in total. The first kappa shape index (κ1) is 20.7. The molecule has 2 amide bonds. The lowest BCUT2D eigenvalue weighted by Crippen LogP contribution is -2.40. The molecule has 0 unspecified atom stereocenters. The number of alkyl carbamates (subject to hydrolysis) is 1. The lowest BCUT2D eigenvalue weighted by molar-refractivity contribution is -0.167. The van der Waals surface area contributed by atoms with Gasteiger partial charge in [0.25, 0.3) is 5.91 Å². The van der Waals surface area contributed by atoms with Crippen LogP contribution in [0.2, 0.25) is 0 Å². The first-order valence-electron chi connectivity index (χ1n) is 7.97. The molecule has 0 bridgehead atoms. The highest BCUT2D eigenvalue weighted by Gasteiger charge is 2.17. The fourth-order valence-electron chi connectivity index (χ4n) is 1.86. The number of nitrogens with one attached hydrogen (secondary N) is 1. The molecule has 1 N–H and O–H groups in total. The number of amides is 2. The SMILES string of the molecule is CCCC1CCC1.CON(C)C(=O)CNC(=O)OC(C)(C)C. The van der Waals surface area contributed by atoms with Crippen molar-refractivity contribution in [1.29, 1.82) is 0 Å². The van der Waals surface area contributed by atoms with Crippen LogP contribution in [0.3, 0.4) is 0 Å². The van der Waals surface area contributed by atoms with Crippen molar-refractivity contribution in [3.8, 4) is 0 Å². The minimum Gasteiger partial charge on any atom is -0.444 e. The van der Waals surface area contributed by atoms with Crippen molar-refractivity contribution in [3.63, 3.8) is 0 Å². The van der Waals surface area contributed by atoms with Gasteiger partial charge >= 0.3 is 6.09 Å². The summed E-state index contributed by atoms with van der Waals surface area (Å²) in [4.78, 5) is 26.9. The second kappa shape index (κ2) is 10.4. The highest BCUT2D eigenvalue weighted by molar-refractivity contribution is 5.81. The van der Waals surface area contributed by atoms with E-state index in [0.29, 0.717) is 0 Å². The van der Waals surface area contributed by atoms with E-state index < -0.39 is 11.7 Å². The Hall–Kier alpha value is -1.30. The molecule has 0 spiro atoms. The molecule has 1 aliphatic rings. The Morgan fingerprint density at radius 2 is 1.86 bits per heavy atom. The lowest BCUT2D eigenvalue weighted by Gasteiger charge is -2.24. The van der Waals surface area contributed by atoms with E-state index in [2.05, 4.69) is 17.1 Å². The number of rotatable bonds is 5. The predicted molar refractivity (Wildman–Crippen MR) is 86.3 cm³/mol. The van der Waals surface area contributed by atoms with Gasteiger partial charge in [-0.15, -0.1) is 0 Å².